The van der Waals surface area contributed by atoms with Crippen LogP contribution in [-0.4, -0.2) is 13.4 Å². The van der Waals surface area contributed by atoms with Crippen molar-refractivity contribution in [2.24, 2.45) is 0 Å². The molecule has 0 N–H and O–H groups in total. The molecule has 5 aliphatic heterocycles. The Kier molecular flexibility index (Phi) is 9.53. The predicted octanol–water partition coefficient (Wildman–Crippen LogP) is 15.7. The van der Waals surface area contributed by atoms with Crippen molar-refractivity contribution >= 4 is 165 Å². The van der Waals surface area contributed by atoms with Crippen molar-refractivity contribution in [3.63, 3.8) is 0 Å². The van der Waals surface area contributed by atoms with Gasteiger partial charge in [0.15, 0.2) is 5.58 Å². The van der Waals surface area contributed by atoms with Crippen LogP contribution in [0.3, 0.4) is 0 Å². The van der Waals surface area contributed by atoms with Crippen molar-refractivity contribution in [2.45, 2.75) is 9.79 Å². The fourth-order valence-electron chi connectivity index (χ4n) is 14.1. The van der Waals surface area contributed by atoms with Gasteiger partial charge in [0.25, 0.3) is 13.4 Å². The molecule has 0 bridgehead atoms. The van der Waals surface area contributed by atoms with Gasteiger partial charge in [-0.1, -0.05) is 169 Å². The maximum atomic E-state index is 7.07. The summed E-state index contributed by atoms with van der Waals surface area (Å²) in [5.74, 6) is 0. The van der Waals surface area contributed by atoms with Gasteiger partial charge in [0.2, 0.25) is 0 Å². The van der Waals surface area contributed by atoms with Crippen LogP contribution >= 0.6 is 11.8 Å². The second-order valence-corrected chi connectivity index (χ2v) is 22.6. The maximum Gasteiger partial charge on any atom is 0.252 e. The first kappa shape index (κ1) is 44.9. The summed E-state index contributed by atoms with van der Waals surface area (Å²) in [6.07, 6.45) is 0. The molecule has 9 heteroatoms. The van der Waals surface area contributed by atoms with E-state index in [-0.39, 0.29) is 13.4 Å². The molecule has 0 unspecified atom stereocenters. The van der Waals surface area contributed by atoms with Gasteiger partial charge in [0.1, 0.15) is 5.58 Å². The number of hydrogen-bond donors (Lipinski definition) is 0. The summed E-state index contributed by atoms with van der Waals surface area (Å²) in [5, 5.41) is 2.28. The van der Waals surface area contributed by atoms with E-state index in [9.17, 15) is 0 Å². The Bertz CT molecular complexity index is 4640. The largest absolute Gasteiger partial charge is 0.455 e. The van der Waals surface area contributed by atoms with E-state index in [2.05, 4.69) is 297 Å². The normalized spacial score (nSPS) is 13.5. The summed E-state index contributed by atoms with van der Waals surface area (Å²) in [7, 11) is 0. The van der Waals surface area contributed by atoms with Gasteiger partial charge in [-0.25, -0.2) is 0 Å². The van der Waals surface area contributed by atoms with E-state index in [1.165, 1.54) is 54.7 Å². The minimum absolute atomic E-state index is 0.0871. The SMILES string of the molecule is c1ccc(N(c2ccccc2)c2ccc3c(c2)N(c2ccccc2)c2cc4c5c6c2B3c2cccc3c2N6c2c(cc6c(oc7ccccc76)c2S3)B5c2ccc(N(c3ccccc3)c3ccccc3)cc2N4c2ccccc2)cc1. The Morgan fingerprint density at radius 3 is 1.31 bits per heavy atom. The second-order valence-electron chi connectivity index (χ2n) is 21.5. The van der Waals surface area contributed by atoms with Crippen molar-refractivity contribution in [3.8, 4) is 0 Å². The molecule has 6 heterocycles. The Morgan fingerprint density at radius 1 is 0.321 bits per heavy atom. The number of furan rings is 1. The van der Waals surface area contributed by atoms with Gasteiger partial charge in [-0.15, -0.1) is 0 Å². The van der Waals surface area contributed by atoms with E-state index < -0.39 is 0 Å². The van der Waals surface area contributed by atoms with Gasteiger partial charge in [0, 0.05) is 89.6 Å². The van der Waals surface area contributed by atoms with Gasteiger partial charge in [-0.2, -0.15) is 0 Å². The first-order valence-corrected chi connectivity index (χ1v) is 28.6. The van der Waals surface area contributed by atoms with Crippen LogP contribution in [0.15, 0.2) is 287 Å². The summed E-state index contributed by atoms with van der Waals surface area (Å²) >= 11 is 1.87. The van der Waals surface area contributed by atoms with Crippen molar-refractivity contribution in [1.82, 2.24) is 0 Å². The lowest BCUT2D eigenvalue weighted by atomic mass is 9.28. The summed E-state index contributed by atoms with van der Waals surface area (Å²) in [4.78, 5) is 15.0. The number of rotatable bonds is 8. The van der Waals surface area contributed by atoms with Crippen LogP contribution < -0.4 is 57.3 Å². The minimum atomic E-state index is -0.137. The van der Waals surface area contributed by atoms with Gasteiger partial charge < -0.3 is 28.9 Å². The standard InChI is InChI=1S/C72H45B2N5OS/c1-7-22-46(23-8-1)75(47-24-9-2-10-25-47)52-38-40-56-60(42-52)77(50-30-15-5-16-31-50)62-45-63-67-70-66(62)73(56)58-35-21-37-65-68(58)79(70)69-59(44-55-54-34-19-20-36-64(54)80-71(55)72(69)81-65)74(67)57-41-39-53(43-61(57)78(63)51-32-17-6-18-33-51)76(48-26-11-3-12-27-48)49-28-13-4-14-29-49/h1-45H. The van der Waals surface area contributed by atoms with Crippen LogP contribution in [0.1, 0.15) is 0 Å². The Morgan fingerprint density at radius 2 is 0.790 bits per heavy atom. The van der Waals surface area contributed by atoms with Gasteiger partial charge in [-0.05, 0) is 148 Å². The molecule has 1 aromatic heterocycles. The molecule has 0 fully saturated rings. The maximum absolute atomic E-state index is 7.07. The summed E-state index contributed by atoms with van der Waals surface area (Å²) < 4.78 is 7.07. The number of nitrogens with zero attached hydrogens (tertiary/aromatic N) is 5. The molecule has 81 heavy (non-hydrogen) atoms. The lowest BCUT2D eigenvalue weighted by Crippen LogP contribution is -2.69. The molecule has 0 spiro atoms. The molecule has 376 valence electrons. The molecule has 0 aliphatic carbocycles. The molecule has 0 saturated heterocycles. The molecule has 0 amide bonds. The molecule has 12 aromatic carbocycles. The zero-order chi connectivity index (χ0) is 52.9. The van der Waals surface area contributed by atoms with E-state index in [1.54, 1.807) is 0 Å². The van der Waals surface area contributed by atoms with Gasteiger partial charge in [-0.3, -0.25) is 0 Å². The lowest BCUT2D eigenvalue weighted by Gasteiger charge is -2.52. The predicted molar refractivity (Wildman–Crippen MR) is 341 cm³/mol. The topological polar surface area (TPSA) is 29.3 Å². The molecule has 0 saturated carbocycles. The van der Waals surface area contributed by atoms with E-state index in [4.69, 9.17) is 4.42 Å². The van der Waals surface area contributed by atoms with Crippen molar-refractivity contribution < 1.29 is 4.42 Å². The van der Waals surface area contributed by atoms with E-state index in [0.29, 0.717) is 0 Å². The smallest absolute Gasteiger partial charge is 0.252 e. The zero-order valence-electron chi connectivity index (χ0n) is 43.7. The fourth-order valence-corrected chi connectivity index (χ4v) is 15.3. The van der Waals surface area contributed by atoms with Crippen LogP contribution in [0.4, 0.5) is 85.3 Å². The number of fused-ring (bicyclic) bond motifs is 10. The molecular weight excluding hydrogens is 1000 g/mol. The second kappa shape index (κ2) is 17.2. The molecule has 13 aromatic rings. The van der Waals surface area contributed by atoms with Crippen molar-refractivity contribution in [2.75, 3.05) is 24.5 Å². The molecule has 0 atom stereocenters. The number of hydrogen-bond acceptors (Lipinski definition) is 7. The Hall–Kier alpha value is -10.1. The van der Waals surface area contributed by atoms with Gasteiger partial charge >= 0.3 is 0 Å². The molecule has 0 radical (unpaired) electrons. The Balaban J connectivity index is 0.977. The highest BCUT2D eigenvalue weighted by Gasteiger charge is 2.54. The van der Waals surface area contributed by atoms with Crippen molar-refractivity contribution in [1.29, 1.82) is 0 Å². The Labute approximate surface area is 474 Å². The number of benzene rings is 12. The molecular formula is C72H45B2N5OS. The minimum Gasteiger partial charge on any atom is -0.455 e. The summed E-state index contributed by atoms with van der Waals surface area (Å²) in [6, 6.07) is 100. The van der Waals surface area contributed by atoms with E-state index in [1.807, 2.05) is 11.8 Å². The first-order valence-electron chi connectivity index (χ1n) is 27.8. The third kappa shape index (κ3) is 6.38. The highest BCUT2D eigenvalue weighted by atomic mass is 32.2. The van der Waals surface area contributed by atoms with E-state index in [0.717, 1.165) is 95.1 Å². The summed E-state index contributed by atoms with van der Waals surface area (Å²) in [5.41, 5.74) is 26.7. The van der Waals surface area contributed by atoms with Crippen LogP contribution in [0.25, 0.3) is 21.9 Å². The molecule has 18 rings (SSSR count). The lowest BCUT2D eigenvalue weighted by molar-refractivity contribution is 0.660. The highest BCUT2D eigenvalue weighted by molar-refractivity contribution is 8.00. The van der Waals surface area contributed by atoms with Crippen molar-refractivity contribution in [3.05, 3.63) is 273 Å². The zero-order valence-corrected chi connectivity index (χ0v) is 44.5. The monoisotopic (exact) mass is 1050 g/mol. The highest BCUT2D eigenvalue weighted by Crippen LogP contribution is 2.59. The molecule has 6 nitrogen and oxygen atoms in total. The van der Waals surface area contributed by atoms with Gasteiger partial charge in [0.05, 0.1) is 16.3 Å². The third-order valence-corrected chi connectivity index (χ3v) is 18.4. The average Bonchev–Trinajstić information content (AvgIpc) is 1.84. The number of para-hydroxylation sites is 8. The third-order valence-electron chi connectivity index (χ3n) is 17.3. The van der Waals surface area contributed by atoms with E-state index >= 15 is 0 Å². The summed E-state index contributed by atoms with van der Waals surface area (Å²) in [6.45, 7) is -0.225. The molecule has 5 aliphatic rings. The average molecular weight is 1050 g/mol. The van der Waals surface area contributed by atoms with Crippen LogP contribution in [0.2, 0.25) is 0 Å². The quantitative estimate of drug-likeness (QED) is 0.140. The van der Waals surface area contributed by atoms with Crippen LogP contribution in [-0.2, 0) is 0 Å². The number of anilines is 15. The first-order chi connectivity index (χ1) is 40.2. The van der Waals surface area contributed by atoms with Crippen LogP contribution in [0, 0.1) is 0 Å². The fraction of sp³-hybridized carbons (Fsp3) is 0. The van der Waals surface area contributed by atoms with Crippen LogP contribution in [0.5, 0.6) is 0 Å².